The van der Waals surface area contributed by atoms with Crippen molar-refractivity contribution in [1.82, 2.24) is 0 Å². The number of allylic oxidation sites excluding steroid dienone is 1. The van der Waals surface area contributed by atoms with Gasteiger partial charge in [0.15, 0.2) is 23.3 Å². The maximum absolute atomic E-state index is 13.3. The van der Waals surface area contributed by atoms with E-state index in [1.165, 1.54) is 5.41 Å². The molecule has 0 saturated carbocycles. The third-order valence-electron chi connectivity index (χ3n) is 2.68. The smallest absolute Gasteiger partial charge is 0.200 e. The maximum Gasteiger partial charge on any atom is 0.200 e. The summed E-state index contributed by atoms with van der Waals surface area (Å²) in [5.41, 5.74) is 0. The molecular formula is C14H15F5S. The fourth-order valence-corrected chi connectivity index (χ4v) is 2.32. The molecule has 1 aromatic rings. The van der Waals surface area contributed by atoms with Crippen molar-refractivity contribution in [2.45, 2.75) is 43.9 Å². The molecule has 0 aliphatic carbocycles. The molecule has 0 aliphatic rings. The Balaban J connectivity index is 2.67. The molecule has 6 heteroatoms. The van der Waals surface area contributed by atoms with Crippen LogP contribution in [0.25, 0.3) is 0 Å². The number of benzene rings is 1. The lowest BCUT2D eigenvalue weighted by molar-refractivity contribution is 0.361. The SMILES string of the molecule is CCCCCCC=CSc1c(F)c(F)c(F)c(F)c1F. The van der Waals surface area contributed by atoms with E-state index in [9.17, 15) is 22.0 Å². The second kappa shape index (κ2) is 8.29. The first-order chi connectivity index (χ1) is 9.50. The molecule has 1 rings (SSSR count). The van der Waals surface area contributed by atoms with Gasteiger partial charge in [-0.15, -0.1) is 0 Å². The molecule has 0 radical (unpaired) electrons. The van der Waals surface area contributed by atoms with Crippen molar-refractivity contribution in [2.75, 3.05) is 0 Å². The van der Waals surface area contributed by atoms with Crippen molar-refractivity contribution in [3.05, 3.63) is 40.6 Å². The Morgan fingerprint density at radius 1 is 0.800 bits per heavy atom. The number of halogens is 5. The van der Waals surface area contributed by atoms with Crippen LogP contribution in [0, 0.1) is 29.1 Å². The second-order valence-corrected chi connectivity index (χ2v) is 5.15. The van der Waals surface area contributed by atoms with Gasteiger partial charge in [-0.1, -0.05) is 44.0 Å². The number of unbranched alkanes of at least 4 members (excludes halogenated alkanes) is 4. The quantitative estimate of drug-likeness (QED) is 0.197. The highest BCUT2D eigenvalue weighted by Crippen LogP contribution is 2.31. The van der Waals surface area contributed by atoms with E-state index in [1.807, 2.05) is 0 Å². The fraction of sp³-hybridized carbons (Fsp3) is 0.429. The molecule has 0 bridgehead atoms. The van der Waals surface area contributed by atoms with Gasteiger partial charge >= 0.3 is 0 Å². The molecule has 20 heavy (non-hydrogen) atoms. The van der Waals surface area contributed by atoms with Crippen molar-refractivity contribution < 1.29 is 22.0 Å². The van der Waals surface area contributed by atoms with Crippen LogP contribution in [-0.4, -0.2) is 0 Å². The van der Waals surface area contributed by atoms with Crippen LogP contribution in [-0.2, 0) is 0 Å². The number of hydrogen-bond donors (Lipinski definition) is 0. The van der Waals surface area contributed by atoms with Crippen molar-refractivity contribution in [3.63, 3.8) is 0 Å². The second-order valence-electron chi connectivity index (χ2n) is 4.24. The summed E-state index contributed by atoms with van der Waals surface area (Å²) < 4.78 is 65.2. The van der Waals surface area contributed by atoms with E-state index in [0.29, 0.717) is 18.2 Å². The topological polar surface area (TPSA) is 0 Å². The minimum atomic E-state index is -2.13. The zero-order valence-corrected chi connectivity index (χ0v) is 11.8. The zero-order chi connectivity index (χ0) is 15.1. The Morgan fingerprint density at radius 3 is 1.90 bits per heavy atom. The standard InChI is InChI=1S/C14H15F5S/c1-2-3-4-5-6-7-8-20-14-12(18)10(16)9(15)11(17)13(14)19/h7-8H,2-6H2,1H3. The molecule has 0 unspecified atom stereocenters. The molecule has 0 N–H and O–H groups in total. The molecule has 0 atom stereocenters. The molecule has 0 saturated heterocycles. The van der Waals surface area contributed by atoms with E-state index in [1.54, 1.807) is 6.08 Å². The summed E-state index contributed by atoms with van der Waals surface area (Å²) in [4.78, 5) is -0.869. The van der Waals surface area contributed by atoms with Crippen LogP contribution in [0.4, 0.5) is 22.0 Å². The predicted molar refractivity (Wildman–Crippen MR) is 70.0 cm³/mol. The first-order valence-corrected chi connectivity index (χ1v) is 7.21. The van der Waals surface area contributed by atoms with Crippen LogP contribution in [0.3, 0.4) is 0 Å². The minimum Gasteiger partial charge on any atom is -0.202 e. The molecular weight excluding hydrogens is 295 g/mol. The van der Waals surface area contributed by atoms with Gasteiger partial charge in [0.2, 0.25) is 5.82 Å². The van der Waals surface area contributed by atoms with Gasteiger partial charge in [0, 0.05) is 0 Å². The highest BCUT2D eigenvalue weighted by Gasteiger charge is 2.25. The molecule has 0 nitrogen and oxygen atoms in total. The summed E-state index contributed by atoms with van der Waals surface area (Å²) in [6.07, 6.45) is 6.57. The zero-order valence-electron chi connectivity index (χ0n) is 11.0. The predicted octanol–water partition coefficient (Wildman–Crippen LogP) is 5.96. The minimum absolute atomic E-state index is 0.497. The van der Waals surface area contributed by atoms with E-state index >= 15 is 0 Å². The van der Waals surface area contributed by atoms with Crippen molar-refractivity contribution >= 4 is 11.8 Å². The third-order valence-corrected chi connectivity index (χ3v) is 3.60. The van der Waals surface area contributed by atoms with Gasteiger partial charge in [-0.2, -0.15) is 0 Å². The average Bonchev–Trinajstić information content (AvgIpc) is 2.45. The summed E-state index contributed by atoms with van der Waals surface area (Å²) >= 11 is 0.497. The van der Waals surface area contributed by atoms with Crippen LogP contribution < -0.4 is 0 Å². The Morgan fingerprint density at radius 2 is 1.35 bits per heavy atom. The molecule has 112 valence electrons. The van der Waals surface area contributed by atoms with Crippen LogP contribution in [0.1, 0.15) is 39.0 Å². The van der Waals surface area contributed by atoms with Gasteiger partial charge in [0.25, 0.3) is 0 Å². The first-order valence-electron chi connectivity index (χ1n) is 6.33. The maximum atomic E-state index is 13.3. The third kappa shape index (κ3) is 4.23. The summed E-state index contributed by atoms with van der Waals surface area (Å²) in [5.74, 6) is -9.54. The van der Waals surface area contributed by atoms with Crippen molar-refractivity contribution in [1.29, 1.82) is 0 Å². The Labute approximate surface area is 119 Å². The van der Waals surface area contributed by atoms with E-state index in [0.717, 1.165) is 25.7 Å². The van der Waals surface area contributed by atoms with E-state index in [-0.39, 0.29) is 0 Å². The summed E-state index contributed by atoms with van der Waals surface area (Å²) in [7, 11) is 0. The average molecular weight is 310 g/mol. The summed E-state index contributed by atoms with van der Waals surface area (Å²) in [5, 5.41) is 1.35. The highest BCUT2D eigenvalue weighted by molar-refractivity contribution is 8.02. The van der Waals surface area contributed by atoms with Crippen LogP contribution >= 0.6 is 11.8 Å². The first kappa shape index (κ1) is 17.0. The Bertz CT molecular complexity index is 456. The normalized spacial score (nSPS) is 11.5. The highest BCUT2D eigenvalue weighted by atomic mass is 32.2. The molecule has 0 aliphatic heterocycles. The van der Waals surface area contributed by atoms with Gasteiger partial charge in [-0.3, -0.25) is 0 Å². The van der Waals surface area contributed by atoms with E-state index in [4.69, 9.17) is 0 Å². The van der Waals surface area contributed by atoms with Crippen LogP contribution in [0.5, 0.6) is 0 Å². The molecule has 0 fully saturated rings. The van der Waals surface area contributed by atoms with Gasteiger partial charge in [-0.25, -0.2) is 22.0 Å². The molecule has 0 aromatic heterocycles. The summed E-state index contributed by atoms with van der Waals surface area (Å²) in [6, 6.07) is 0. The number of rotatable bonds is 7. The van der Waals surface area contributed by atoms with Gasteiger partial charge in [0.1, 0.15) is 0 Å². The molecule has 0 spiro atoms. The van der Waals surface area contributed by atoms with Crippen LogP contribution in [0.15, 0.2) is 16.4 Å². The van der Waals surface area contributed by atoms with Crippen molar-refractivity contribution in [3.8, 4) is 0 Å². The Kier molecular flexibility index (Phi) is 7.05. The van der Waals surface area contributed by atoms with E-state index in [2.05, 4.69) is 6.92 Å². The largest absolute Gasteiger partial charge is 0.202 e. The van der Waals surface area contributed by atoms with E-state index < -0.39 is 34.0 Å². The lowest BCUT2D eigenvalue weighted by atomic mass is 10.2. The lowest BCUT2D eigenvalue weighted by Gasteiger charge is -2.05. The van der Waals surface area contributed by atoms with Crippen molar-refractivity contribution in [2.24, 2.45) is 0 Å². The van der Waals surface area contributed by atoms with Gasteiger partial charge < -0.3 is 0 Å². The fourth-order valence-electron chi connectivity index (χ4n) is 1.56. The van der Waals surface area contributed by atoms with Gasteiger partial charge in [-0.05, 0) is 18.2 Å². The Hall–Kier alpha value is -1.04. The number of hydrogen-bond acceptors (Lipinski definition) is 1. The molecule has 0 heterocycles. The molecule has 0 amide bonds. The summed E-state index contributed by atoms with van der Waals surface area (Å²) in [6.45, 7) is 2.08. The van der Waals surface area contributed by atoms with Crippen LogP contribution in [0.2, 0.25) is 0 Å². The van der Waals surface area contributed by atoms with Gasteiger partial charge in [0.05, 0.1) is 4.90 Å². The molecule has 1 aromatic carbocycles. The number of thioether (sulfide) groups is 1. The lowest BCUT2D eigenvalue weighted by Crippen LogP contribution is -2.02. The monoisotopic (exact) mass is 310 g/mol.